The van der Waals surface area contributed by atoms with E-state index < -0.39 is 8.32 Å². The van der Waals surface area contributed by atoms with Crippen molar-refractivity contribution in [3.05, 3.63) is 129 Å². The van der Waals surface area contributed by atoms with Gasteiger partial charge in [-0.3, -0.25) is 0 Å². The molecule has 0 radical (unpaired) electrons. The molecule has 0 aliphatic carbocycles. The Bertz CT molecular complexity index is 1370. The molecule has 4 rings (SSSR count). The maximum absolute atomic E-state index is 7.31. The van der Waals surface area contributed by atoms with Gasteiger partial charge in [0.15, 0.2) is 0 Å². The van der Waals surface area contributed by atoms with Gasteiger partial charge in [-0.25, -0.2) is 0 Å². The average molecular weight is 521 g/mol. The first-order valence-electron chi connectivity index (χ1n) is 13.3. The highest BCUT2D eigenvalue weighted by Crippen LogP contribution is 2.41. The van der Waals surface area contributed by atoms with Gasteiger partial charge in [-0.05, 0) is 105 Å². The average Bonchev–Trinajstić information content (AvgIpc) is 2.86. The van der Waals surface area contributed by atoms with E-state index in [0.717, 1.165) is 17.1 Å². The van der Waals surface area contributed by atoms with Crippen molar-refractivity contribution in [2.45, 2.75) is 54.6 Å². The number of methoxy groups -OCH3 is 1. The number of hydrogen-bond donors (Lipinski definition) is 0. The Morgan fingerprint density at radius 3 is 1.47 bits per heavy atom. The lowest BCUT2D eigenvalue weighted by Gasteiger charge is -2.31. The fourth-order valence-corrected chi connectivity index (χ4v) is 7.47. The first-order chi connectivity index (χ1) is 18.0. The van der Waals surface area contributed by atoms with Crippen LogP contribution >= 0.6 is 0 Å². The molecule has 2 nitrogen and oxygen atoms in total. The highest BCUT2D eigenvalue weighted by molar-refractivity contribution is 6.85. The van der Waals surface area contributed by atoms with Gasteiger partial charge in [-0.2, -0.15) is 0 Å². The summed E-state index contributed by atoms with van der Waals surface area (Å²) in [4.78, 5) is 0. The molecule has 4 aromatic rings. The molecule has 0 amide bonds. The van der Waals surface area contributed by atoms with Gasteiger partial charge in [-0.1, -0.05) is 77.9 Å². The molecule has 0 aromatic heterocycles. The maximum Gasteiger partial charge on any atom is 0.276 e. The van der Waals surface area contributed by atoms with Crippen molar-refractivity contribution < 1.29 is 9.16 Å². The SMILES string of the molecule is COc1ccc([Si](C)(C)OC(=C(c2c(C)cc(C)cc2C)c2c(C)cc(C)cc2C)c2ccccc2)cc1. The molecule has 0 atom stereocenters. The van der Waals surface area contributed by atoms with Gasteiger partial charge < -0.3 is 9.16 Å². The third kappa shape index (κ3) is 5.63. The molecule has 0 bridgehead atoms. The first-order valence-corrected chi connectivity index (χ1v) is 16.2. The minimum absolute atomic E-state index is 0.856. The number of rotatable bonds is 7. The molecule has 0 unspecified atom stereocenters. The Morgan fingerprint density at radius 1 is 0.605 bits per heavy atom. The molecule has 0 saturated carbocycles. The fraction of sp³-hybridized carbons (Fsp3) is 0.257. The number of ether oxygens (including phenoxy) is 1. The van der Waals surface area contributed by atoms with Gasteiger partial charge in [0.05, 0.1) is 7.11 Å². The summed E-state index contributed by atoms with van der Waals surface area (Å²) in [7, 11) is -0.691. The molecule has 0 saturated heterocycles. The molecule has 0 heterocycles. The van der Waals surface area contributed by atoms with Crippen LogP contribution in [0, 0.1) is 41.5 Å². The summed E-state index contributed by atoms with van der Waals surface area (Å²) in [6, 6.07) is 28.1. The number of aryl methyl sites for hydroxylation is 6. The van der Waals surface area contributed by atoms with E-state index in [2.05, 4.69) is 121 Å². The Labute approximate surface area is 230 Å². The van der Waals surface area contributed by atoms with E-state index in [1.807, 2.05) is 12.1 Å². The van der Waals surface area contributed by atoms with Gasteiger partial charge >= 0.3 is 0 Å². The van der Waals surface area contributed by atoms with E-state index in [0.29, 0.717) is 0 Å². The van der Waals surface area contributed by atoms with Crippen LogP contribution in [0.1, 0.15) is 50.1 Å². The Hall–Kier alpha value is -3.56. The zero-order chi connectivity index (χ0) is 27.6. The minimum Gasteiger partial charge on any atom is -0.539 e. The van der Waals surface area contributed by atoms with Crippen LogP contribution in [-0.4, -0.2) is 15.4 Å². The molecule has 0 aliphatic heterocycles. The second kappa shape index (κ2) is 11.0. The number of benzene rings is 4. The molecule has 38 heavy (non-hydrogen) atoms. The zero-order valence-corrected chi connectivity index (χ0v) is 25.3. The third-order valence-corrected chi connectivity index (χ3v) is 9.70. The smallest absolute Gasteiger partial charge is 0.276 e. The Balaban J connectivity index is 2.10. The van der Waals surface area contributed by atoms with Crippen molar-refractivity contribution in [1.29, 1.82) is 0 Å². The molecule has 0 spiro atoms. The van der Waals surface area contributed by atoms with Crippen LogP contribution in [0.25, 0.3) is 11.3 Å². The summed E-state index contributed by atoms with van der Waals surface area (Å²) in [6.07, 6.45) is 0. The topological polar surface area (TPSA) is 18.5 Å². The fourth-order valence-electron chi connectivity index (χ4n) is 5.65. The largest absolute Gasteiger partial charge is 0.539 e. The van der Waals surface area contributed by atoms with Gasteiger partial charge in [-0.15, -0.1) is 0 Å². The number of hydrogen-bond acceptors (Lipinski definition) is 2. The van der Waals surface area contributed by atoms with Crippen molar-refractivity contribution in [3.8, 4) is 5.75 Å². The molecule has 0 N–H and O–H groups in total. The lowest BCUT2D eigenvalue weighted by Crippen LogP contribution is -2.44. The molecular weight excluding hydrogens is 480 g/mol. The van der Waals surface area contributed by atoms with E-state index in [1.54, 1.807) is 7.11 Å². The highest BCUT2D eigenvalue weighted by Gasteiger charge is 2.32. The molecule has 0 aliphatic rings. The summed E-state index contributed by atoms with van der Waals surface area (Å²) in [5.74, 6) is 1.80. The predicted molar refractivity (Wildman–Crippen MR) is 165 cm³/mol. The summed E-state index contributed by atoms with van der Waals surface area (Å²) >= 11 is 0. The monoisotopic (exact) mass is 520 g/mol. The van der Waals surface area contributed by atoms with Crippen LogP contribution < -0.4 is 9.92 Å². The molecule has 0 fully saturated rings. The third-order valence-electron chi connectivity index (χ3n) is 7.26. The lowest BCUT2D eigenvalue weighted by molar-refractivity contribution is 0.415. The van der Waals surface area contributed by atoms with E-state index in [9.17, 15) is 0 Å². The van der Waals surface area contributed by atoms with Crippen LogP contribution in [0.5, 0.6) is 5.75 Å². The molecular formula is C35H40O2Si. The molecule has 4 aromatic carbocycles. The van der Waals surface area contributed by atoms with E-state index in [4.69, 9.17) is 9.16 Å². The summed E-state index contributed by atoms with van der Waals surface area (Å²) in [6.45, 7) is 17.8. The summed E-state index contributed by atoms with van der Waals surface area (Å²) < 4.78 is 12.7. The Kier molecular flexibility index (Phi) is 7.98. The normalized spacial score (nSPS) is 11.3. The van der Waals surface area contributed by atoms with E-state index in [-0.39, 0.29) is 0 Å². The maximum atomic E-state index is 7.31. The molecule has 3 heteroatoms. The van der Waals surface area contributed by atoms with Crippen molar-refractivity contribution in [2.75, 3.05) is 7.11 Å². The van der Waals surface area contributed by atoms with Crippen molar-refractivity contribution in [2.24, 2.45) is 0 Å². The first kappa shape index (κ1) is 27.5. The van der Waals surface area contributed by atoms with Crippen LogP contribution in [0.15, 0.2) is 78.9 Å². The van der Waals surface area contributed by atoms with E-state index in [1.165, 1.54) is 55.3 Å². The van der Waals surface area contributed by atoms with Gasteiger partial charge in [0.2, 0.25) is 0 Å². The van der Waals surface area contributed by atoms with Crippen LogP contribution in [0.4, 0.5) is 0 Å². The zero-order valence-electron chi connectivity index (χ0n) is 24.3. The van der Waals surface area contributed by atoms with Gasteiger partial charge in [0.1, 0.15) is 11.5 Å². The molecule has 196 valence electrons. The highest BCUT2D eigenvalue weighted by atomic mass is 28.4. The minimum atomic E-state index is -2.39. The predicted octanol–water partition coefficient (Wildman–Crippen LogP) is 8.59. The second-order valence-corrected chi connectivity index (χ2v) is 14.8. The van der Waals surface area contributed by atoms with Crippen molar-refractivity contribution >= 4 is 24.8 Å². The van der Waals surface area contributed by atoms with Crippen LogP contribution in [0.3, 0.4) is 0 Å². The second-order valence-electron chi connectivity index (χ2n) is 11.0. The van der Waals surface area contributed by atoms with Crippen LogP contribution in [-0.2, 0) is 4.43 Å². The lowest BCUT2D eigenvalue weighted by atomic mass is 9.83. The van der Waals surface area contributed by atoms with Gasteiger partial charge in [0, 0.05) is 11.1 Å². The van der Waals surface area contributed by atoms with Crippen molar-refractivity contribution in [1.82, 2.24) is 0 Å². The van der Waals surface area contributed by atoms with E-state index >= 15 is 0 Å². The summed E-state index contributed by atoms with van der Waals surface area (Å²) in [5, 5.41) is 1.22. The Morgan fingerprint density at radius 2 is 1.05 bits per heavy atom. The van der Waals surface area contributed by atoms with Crippen LogP contribution in [0.2, 0.25) is 13.1 Å². The quantitative estimate of drug-likeness (QED) is 0.138. The summed E-state index contributed by atoms with van der Waals surface area (Å²) in [5.41, 5.74) is 12.4. The standard InChI is InChI=1S/C35H40O2Si/c1-23-19-25(3)32(26(4)20-23)34(33-27(5)21-24(2)22-28(33)6)35(29-13-11-10-12-14-29)37-38(8,9)31-17-15-30(36-7)16-18-31/h10-22H,1-9H3. The van der Waals surface area contributed by atoms with Gasteiger partial charge in [0.25, 0.3) is 8.32 Å². The van der Waals surface area contributed by atoms with Crippen molar-refractivity contribution in [3.63, 3.8) is 0 Å².